The van der Waals surface area contributed by atoms with Gasteiger partial charge in [-0.1, -0.05) is 17.7 Å². The maximum absolute atomic E-state index is 6.06. The monoisotopic (exact) mass is 369 g/mol. The normalized spacial score (nSPS) is 15.9. The highest BCUT2D eigenvalue weighted by molar-refractivity contribution is 6.30. The highest BCUT2D eigenvalue weighted by atomic mass is 35.5. The Morgan fingerprint density at radius 3 is 2.81 bits per heavy atom. The summed E-state index contributed by atoms with van der Waals surface area (Å²) in [5.41, 5.74) is 2.22. The van der Waals surface area contributed by atoms with Gasteiger partial charge in [0.05, 0.1) is 6.20 Å². The first-order chi connectivity index (χ1) is 12.7. The minimum atomic E-state index is 0.387. The van der Waals surface area contributed by atoms with Gasteiger partial charge in [-0.15, -0.1) is 0 Å². The van der Waals surface area contributed by atoms with Crippen LogP contribution in [0, 0.1) is 0 Å². The molecule has 2 aromatic heterocycles. The third kappa shape index (κ3) is 3.84. The lowest BCUT2D eigenvalue weighted by Crippen LogP contribution is -2.37. The lowest BCUT2D eigenvalue weighted by molar-refractivity contribution is 0.263. The average molecular weight is 370 g/mol. The topological polar surface area (TPSA) is 78.9 Å². The van der Waals surface area contributed by atoms with Crippen LogP contribution < -0.4 is 10.6 Å². The van der Waals surface area contributed by atoms with Gasteiger partial charge in [0.25, 0.3) is 0 Å². The van der Waals surface area contributed by atoms with Crippen LogP contribution >= 0.6 is 11.6 Å². The quantitative estimate of drug-likeness (QED) is 0.730. The van der Waals surface area contributed by atoms with Crippen molar-refractivity contribution in [1.82, 2.24) is 24.8 Å². The van der Waals surface area contributed by atoms with Crippen LogP contribution in [0.3, 0.4) is 0 Å². The fourth-order valence-corrected chi connectivity index (χ4v) is 3.24. The predicted octanol–water partition coefficient (Wildman–Crippen LogP) is 3.32. The molecular weight excluding hydrogens is 350 g/mol. The van der Waals surface area contributed by atoms with Gasteiger partial charge in [-0.05, 0) is 51.2 Å². The fourth-order valence-electron chi connectivity index (χ4n) is 3.05. The van der Waals surface area contributed by atoms with E-state index in [-0.39, 0.29) is 0 Å². The van der Waals surface area contributed by atoms with Crippen LogP contribution in [0.1, 0.15) is 12.8 Å². The van der Waals surface area contributed by atoms with Crippen LogP contribution in [0.2, 0.25) is 5.02 Å². The van der Waals surface area contributed by atoms with Crippen LogP contribution in [0.5, 0.6) is 0 Å². The molecule has 7 nitrogen and oxygen atoms in total. The fraction of sp³-hybridized carbons (Fsp3) is 0.333. The third-order valence-corrected chi connectivity index (χ3v) is 4.75. The van der Waals surface area contributed by atoms with Gasteiger partial charge >= 0.3 is 0 Å². The summed E-state index contributed by atoms with van der Waals surface area (Å²) in [7, 11) is 2.15. The molecule has 8 heteroatoms. The number of rotatable bonds is 4. The first-order valence-electron chi connectivity index (χ1n) is 8.63. The molecule has 134 valence electrons. The molecule has 4 rings (SSSR count). The van der Waals surface area contributed by atoms with Gasteiger partial charge in [-0.25, -0.2) is 19.9 Å². The van der Waals surface area contributed by atoms with Crippen molar-refractivity contribution in [2.45, 2.75) is 18.9 Å². The molecule has 1 aliphatic heterocycles. The second-order valence-electron chi connectivity index (χ2n) is 6.51. The van der Waals surface area contributed by atoms with E-state index in [9.17, 15) is 0 Å². The first-order valence-corrected chi connectivity index (χ1v) is 9.00. The van der Waals surface area contributed by atoms with Crippen molar-refractivity contribution in [3.63, 3.8) is 0 Å². The van der Waals surface area contributed by atoms with Crippen molar-refractivity contribution in [3.8, 4) is 0 Å². The van der Waals surface area contributed by atoms with Crippen molar-refractivity contribution in [3.05, 3.63) is 41.8 Å². The molecule has 0 spiro atoms. The van der Waals surface area contributed by atoms with E-state index in [1.807, 2.05) is 24.3 Å². The number of likely N-dealkylation sites (tertiary alicyclic amines) is 1. The van der Waals surface area contributed by atoms with E-state index >= 15 is 0 Å². The molecule has 0 amide bonds. The van der Waals surface area contributed by atoms with Gasteiger partial charge < -0.3 is 15.5 Å². The zero-order chi connectivity index (χ0) is 17.9. The zero-order valence-electron chi connectivity index (χ0n) is 14.5. The average Bonchev–Trinajstić information content (AvgIpc) is 2.64. The maximum Gasteiger partial charge on any atom is 0.223 e. The number of anilines is 3. The second kappa shape index (κ2) is 7.39. The molecule has 26 heavy (non-hydrogen) atoms. The van der Waals surface area contributed by atoms with Gasteiger partial charge in [0, 0.05) is 16.8 Å². The Hall–Kier alpha value is -2.51. The van der Waals surface area contributed by atoms with Gasteiger partial charge in [0.1, 0.15) is 17.4 Å². The van der Waals surface area contributed by atoms with E-state index in [1.165, 1.54) is 6.33 Å². The van der Waals surface area contributed by atoms with Crippen molar-refractivity contribution < 1.29 is 0 Å². The SMILES string of the molecule is CN1CCC(Nc2ncc3ncnc(Nc4cccc(Cl)c4)c3n2)CC1. The first kappa shape index (κ1) is 16.9. The standard InChI is InChI=1S/C18H20ClN7/c1-26-7-5-13(6-8-26)24-18-20-10-15-16(25-18)17(22-11-21-15)23-14-4-2-3-12(19)9-14/h2-4,9-11,13H,5-8H2,1H3,(H,20,24,25)(H,21,22,23). The van der Waals surface area contributed by atoms with Crippen LogP contribution in [0.15, 0.2) is 36.8 Å². The predicted molar refractivity (Wildman–Crippen MR) is 104 cm³/mol. The number of nitrogens with one attached hydrogen (secondary N) is 2. The second-order valence-corrected chi connectivity index (χ2v) is 6.94. The molecule has 0 bridgehead atoms. The molecule has 1 fully saturated rings. The minimum Gasteiger partial charge on any atom is -0.351 e. The van der Waals surface area contributed by atoms with E-state index in [0.29, 0.717) is 33.9 Å². The van der Waals surface area contributed by atoms with Crippen LogP contribution in [0.25, 0.3) is 11.0 Å². The van der Waals surface area contributed by atoms with E-state index in [2.05, 4.69) is 42.5 Å². The van der Waals surface area contributed by atoms with E-state index in [1.54, 1.807) is 6.20 Å². The number of fused-ring (bicyclic) bond motifs is 1. The Morgan fingerprint density at radius 2 is 2.00 bits per heavy atom. The number of aromatic nitrogens is 4. The molecule has 0 atom stereocenters. The third-order valence-electron chi connectivity index (χ3n) is 4.52. The molecule has 1 aliphatic rings. The van der Waals surface area contributed by atoms with E-state index in [4.69, 9.17) is 11.6 Å². The maximum atomic E-state index is 6.06. The molecule has 2 N–H and O–H groups in total. The number of nitrogens with zero attached hydrogens (tertiary/aromatic N) is 5. The molecule has 0 aliphatic carbocycles. The molecule has 0 unspecified atom stereocenters. The van der Waals surface area contributed by atoms with Crippen LogP contribution in [-0.2, 0) is 0 Å². The Labute approximate surface area is 156 Å². The highest BCUT2D eigenvalue weighted by Crippen LogP contribution is 2.24. The van der Waals surface area contributed by atoms with Crippen molar-refractivity contribution in [1.29, 1.82) is 0 Å². The smallest absolute Gasteiger partial charge is 0.223 e. The summed E-state index contributed by atoms with van der Waals surface area (Å²) in [5, 5.41) is 7.36. The van der Waals surface area contributed by atoms with Crippen LogP contribution in [0.4, 0.5) is 17.5 Å². The number of hydrogen-bond donors (Lipinski definition) is 2. The minimum absolute atomic E-state index is 0.387. The van der Waals surface area contributed by atoms with E-state index in [0.717, 1.165) is 31.6 Å². The molecule has 1 saturated heterocycles. The molecule has 3 aromatic rings. The largest absolute Gasteiger partial charge is 0.351 e. The molecule has 1 aromatic carbocycles. The summed E-state index contributed by atoms with van der Waals surface area (Å²) < 4.78 is 0. The Balaban J connectivity index is 1.60. The zero-order valence-corrected chi connectivity index (χ0v) is 15.2. The summed E-state index contributed by atoms with van der Waals surface area (Å²) in [6.07, 6.45) is 5.39. The number of halogens is 1. The summed E-state index contributed by atoms with van der Waals surface area (Å²) in [5.74, 6) is 1.24. The summed E-state index contributed by atoms with van der Waals surface area (Å²) in [6.45, 7) is 2.16. The highest BCUT2D eigenvalue weighted by Gasteiger charge is 2.17. The Bertz CT molecular complexity index is 909. The number of hydrogen-bond acceptors (Lipinski definition) is 7. The number of piperidine rings is 1. The summed E-state index contributed by atoms with van der Waals surface area (Å²) in [4.78, 5) is 20.0. The van der Waals surface area contributed by atoms with Crippen molar-refractivity contribution in [2.75, 3.05) is 30.8 Å². The lowest BCUT2D eigenvalue weighted by atomic mass is 10.1. The van der Waals surface area contributed by atoms with Gasteiger partial charge in [-0.3, -0.25) is 0 Å². The lowest BCUT2D eigenvalue weighted by Gasteiger charge is -2.29. The van der Waals surface area contributed by atoms with Crippen molar-refractivity contribution in [2.24, 2.45) is 0 Å². The van der Waals surface area contributed by atoms with Gasteiger partial charge in [0.2, 0.25) is 5.95 Å². The molecule has 3 heterocycles. The Morgan fingerprint density at radius 1 is 1.15 bits per heavy atom. The molecule has 0 saturated carbocycles. The molecular formula is C18H20ClN7. The van der Waals surface area contributed by atoms with Gasteiger partial charge in [0.15, 0.2) is 5.82 Å². The van der Waals surface area contributed by atoms with Crippen molar-refractivity contribution >= 4 is 40.1 Å². The number of benzene rings is 1. The molecule has 0 radical (unpaired) electrons. The summed E-state index contributed by atoms with van der Waals surface area (Å²) >= 11 is 6.06. The van der Waals surface area contributed by atoms with E-state index < -0.39 is 0 Å². The summed E-state index contributed by atoms with van der Waals surface area (Å²) in [6, 6.07) is 7.87. The van der Waals surface area contributed by atoms with Crippen LogP contribution in [-0.4, -0.2) is 51.0 Å². The van der Waals surface area contributed by atoms with Gasteiger partial charge in [-0.2, -0.15) is 0 Å². The Kier molecular flexibility index (Phi) is 4.81.